The number of ether oxygens (including phenoxy) is 1. The number of H-pyrrole nitrogens is 1. The van der Waals surface area contributed by atoms with Crippen molar-refractivity contribution in [2.24, 2.45) is 0 Å². The summed E-state index contributed by atoms with van der Waals surface area (Å²) in [5.74, 6) is -0.839. The Hall–Kier alpha value is -2.77. The van der Waals surface area contributed by atoms with Crippen molar-refractivity contribution in [3.8, 4) is 5.75 Å². The van der Waals surface area contributed by atoms with E-state index in [1.807, 2.05) is 7.85 Å². The number of halogens is 3. The third kappa shape index (κ3) is 3.20. The van der Waals surface area contributed by atoms with Gasteiger partial charge in [0.15, 0.2) is 5.78 Å². The fourth-order valence-electron chi connectivity index (χ4n) is 2.29. The van der Waals surface area contributed by atoms with Gasteiger partial charge in [-0.1, -0.05) is 23.7 Å². The number of aromatic amines is 1. The van der Waals surface area contributed by atoms with Crippen LogP contribution < -0.4 is 10.2 Å². The zero-order valence-corrected chi connectivity index (χ0v) is 11.9. The van der Waals surface area contributed by atoms with Gasteiger partial charge in [0.25, 0.3) is 0 Å². The minimum absolute atomic E-state index is 0.106. The molecule has 3 rings (SSSR count). The van der Waals surface area contributed by atoms with E-state index >= 15 is 0 Å². The molecule has 0 unspecified atom stereocenters. The molecule has 0 fully saturated rings. The molecule has 0 aliphatic heterocycles. The highest BCUT2D eigenvalue weighted by Gasteiger charge is 2.31. The quantitative estimate of drug-likeness (QED) is 0.593. The lowest BCUT2D eigenvalue weighted by Gasteiger charge is -2.09. The first-order valence-corrected chi connectivity index (χ1v) is 6.68. The summed E-state index contributed by atoms with van der Waals surface area (Å²) in [5, 5.41) is 0.622. The summed E-state index contributed by atoms with van der Waals surface area (Å²) in [6, 6.07) is 6.78. The Bertz CT molecular complexity index is 890. The molecule has 0 saturated heterocycles. The van der Waals surface area contributed by atoms with Crippen LogP contribution in [0.3, 0.4) is 0 Å². The average Bonchev–Trinajstić information content (AvgIpc) is 2.88. The van der Waals surface area contributed by atoms with Crippen molar-refractivity contribution in [1.82, 2.24) is 9.97 Å². The number of rotatable bonds is 3. The number of nitrogens with one attached hydrogen (secondary N) is 1. The highest BCUT2D eigenvalue weighted by Crippen LogP contribution is 2.25. The molecular weight excluding hydrogens is 308 g/mol. The number of carbonyl (C=O) groups excluding carboxylic acids is 1. The Morgan fingerprint density at radius 2 is 2.04 bits per heavy atom. The van der Waals surface area contributed by atoms with Crippen LogP contribution in [0.2, 0.25) is 0 Å². The Morgan fingerprint density at radius 3 is 2.78 bits per heavy atom. The van der Waals surface area contributed by atoms with Crippen LogP contribution in [0.25, 0.3) is 11.0 Å². The van der Waals surface area contributed by atoms with Crippen LogP contribution in [0.15, 0.2) is 42.7 Å². The lowest BCUT2D eigenvalue weighted by molar-refractivity contribution is -0.274. The number of aromatic nitrogens is 2. The summed E-state index contributed by atoms with van der Waals surface area (Å²) < 4.78 is 40.7. The van der Waals surface area contributed by atoms with E-state index in [1.165, 1.54) is 18.3 Å². The van der Waals surface area contributed by atoms with Crippen LogP contribution in [0.4, 0.5) is 13.2 Å². The van der Waals surface area contributed by atoms with E-state index in [4.69, 9.17) is 0 Å². The van der Waals surface area contributed by atoms with Crippen molar-refractivity contribution < 1.29 is 22.7 Å². The number of hydrogen-bond acceptors (Lipinski definition) is 3. The number of ketones is 1. The van der Waals surface area contributed by atoms with Crippen molar-refractivity contribution in [3.05, 3.63) is 53.9 Å². The van der Waals surface area contributed by atoms with Crippen LogP contribution in [0.1, 0.15) is 15.9 Å². The molecule has 0 amide bonds. The highest BCUT2D eigenvalue weighted by molar-refractivity contribution is 6.33. The van der Waals surface area contributed by atoms with Gasteiger partial charge in [0.05, 0.1) is 0 Å². The molecule has 23 heavy (non-hydrogen) atoms. The summed E-state index contributed by atoms with van der Waals surface area (Å²) in [6.07, 6.45) is -1.65. The normalized spacial score (nSPS) is 11.6. The van der Waals surface area contributed by atoms with E-state index < -0.39 is 17.9 Å². The van der Waals surface area contributed by atoms with E-state index in [-0.39, 0.29) is 5.56 Å². The average molecular weight is 318 g/mol. The van der Waals surface area contributed by atoms with Gasteiger partial charge in [-0.2, -0.15) is 0 Å². The third-order valence-electron chi connectivity index (χ3n) is 3.24. The molecule has 0 atom stereocenters. The van der Waals surface area contributed by atoms with Gasteiger partial charge in [-0.05, 0) is 12.1 Å². The predicted octanol–water partition coefficient (Wildman–Crippen LogP) is 1.95. The first-order chi connectivity index (χ1) is 10.8. The van der Waals surface area contributed by atoms with Gasteiger partial charge in [0.1, 0.15) is 19.2 Å². The maximum Gasteiger partial charge on any atom is 0.573 e. The van der Waals surface area contributed by atoms with Crippen LogP contribution in [-0.2, 0) is 0 Å². The molecule has 0 radical (unpaired) electrons. The van der Waals surface area contributed by atoms with Crippen LogP contribution in [0, 0.1) is 0 Å². The van der Waals surface area contributed by atoms with Gasteiger partial charge >= 0.3 is 6.36 Å². The molecule has 8 heteroatoms. The summed E-state index contributed by atoms with van der Waals surface area (Å²) >= 11 is 0. The lowest BCUT2D eigenvalue weighted by Crippen LogP contribution is -2.17. The van der Waals surface area contributed by atoms with E-state index in [9.17, 15) is 18.0 Å². The van der Waals surface area contributed by atoms with E-state index in [0.29, 0.717) is 16.6 Å². The minimum Gasteiger partial charge on any atom is -0.406 e. The number of pyridine rings is 1. The Balaban J connectivity index is 1.99. The second kappa shape index (κ2) is 5.46. The molecule has 3 aromatic rings. The van der Waals surface area contributed by atoms with Crippen molar-refractivity contribution in [2.75, 3.05) is 0 Å². The fraction of sp³-hybridized carbons (Fsp3) is 0.0667. The van der Waals surface area contributed by atoms with Crippen molar-refractivity contribution in [1.29, 1.82) is 0 Å². The SMILES string of the molecule is Bc1cnc2[nH]cc(C(=O)c3cccc(OC(F)(F)F)c3)c2c1. The molecular formula is C15H10BF3N2O2. The maximum absolute atomic E-state index is 12.6. The smallest absolute Gasteiger partial charge is 0.406 e. The predicted molar refractivity (Wildman–Crippen MR) is 80.8 cm³/mol. The second-order valence-electron chi connectivity index (χ2n) is 5.02. The largest absolute Gasteiger partial charge is 0.573 e. The molecule has 0 aliphatic rings. The molecule has 0 spiro atoms. The number of carbonyl (C=O) groups is 1. The van der Waals surface area contributed by atoms with Crippen molar-refractivity contribution in [2.45, 2.75) is 6.36 Å². The Kier molecular flexibility index (Phi) is 3.59. The Labute approximate surface area is 129 Å². The van der Waals surface area contributed by atoms with Crippen molar-refractivity contribution in [3.63, 3.8) is 0 Å². The number of alkyl halides is 3. The van der Waals surface area contributed by atoms with Gasteiger partial charge in [-0.3, -0.25) is 4.79 Å². The topological polar surface area (TPSA) is 55.0 Å². The highest BCUT2D eigenvalue weighted by atomic mass is 19.4. The van der Waals surface area contributed by atoms with Crippen LogP contribution in [-0.4, -0.2) is 30.0 Å². The van der Waals surface area contributed by atoms with Gasteiger partial charge in [-0.25, -0.2) is 4.98 Å². The summed E-state index contributed by atoms with van der Waals surface area (Å²) in [5.41, 5.74) is 1.87. The molecule has 4 nitrogen and oxygen atoms in total. The lowest BCUT2D eigenvalue weighted by atomic mass is 9.96. The maximum atomic E-state index is 12.6. The van der Waals surface area contributed by atoms with Crippen molar-refractivity contribution >= 4 is 30.1 Å². The van der Waals surface area contributed by atoms with E-state index in [0.717, 1.165) is 17.6 Å². The summed E-state index contributed by atoms with van der Waals surface area (Å²) in [4.78, 5) is 19.6. The monoisotopic (exact) mass is 318 g/mol. The molecule has 0 saturated carbocycles. The first kappa shape index (κ1) is 15.1. The minimum atomic E-state index is -4.80. The zero-order chi connectivity index (χ0) is 16.6. The number of hydrogen-bond donors (Lipinski definition) is 1. The van der Waals surface area contributed by atoms with Crippen LogP contribution >= 0.6 is 0 Å². The molecule has 116 valence electrons. The number of benzene rings is 1. The van der Waals surface area contributed by atoms with Gasteiger partial charge in [0.2, 0.25) is 0 Å². The number of fused-ring (bicyclic) bond motifs is 1. The molecule has 0 bridgehead atoms. The van der Waals surface area contributed by atoms with E-state index in [2.05, 4.69) is 14.7 Å². The molecule has 1 aromatic carbocycles. The van der Waals surface area contributed by atoms with Gasteiger partial charge in [-0.15, -0.1) is 13.2 Å². The Morgan fingerprint density at radius 1 is 1.26 bits per heavy atom. The third-order valence-corrected chi connectivity index (χ3v) is 3.24. The van der Waals surface area contributed by atoms with Crippen LogP contribution in [0.5, 0.6) is 5.75 Å². The second-order valence-corrected chi connectivity index (χ2v) is 5.02. The van der Waals surface area contributed by atoms with Gasteiger partial charge < -0.3 is 9.72 Å². The summed E-state index contributed by atoms with van der Waals surface area (Å²) in [7, 11) is 1.84. The first-order valence-electron chi connectivity index (χ1n) is 6.68. The molecule has 0 aliphatic carbocycles. The molecule has 2 aromatic heterocycles. The fourth-order valence-corrected chi connectivity index (χ4v) is 2.29. The van der Waals surface area contributed by atoms with E-state index in [1.54, 1.807) is 12.3 Å². The zero-order valence-electron chi connectivity index (χ0n) is 11.9. The summed E-state index contributed by atoms with van der Waals surface area (Å²) in [6.45, 7) is 0. The standard InChI is InChI=1S/C15H10BF3N2O2/c16-9-5-11-12(7-21-14(11)20-6-9)13(22)8-2-1-3-10(4-8)23-15(17,18)19/h1-7H,16H2,(H,20,21). The number of nitrogens with zero attached hydrogens (tertiary/aromatic N) is 1. The van der Waals surface area contributed by atoms with Gasteiger partial charge in [0, 0.05) is 28.9 Å². The molecule has 2 heterocycles. The molecule has 1 N–H and O–H groups in total.